The van der Waals surface area contributed by atoms with Gasteiger partial charge in [-0.05, 0) is 50.6 Å². The van der Waals surface area contributed by atoms with Crippen LogP contribution in [0.2, 0.25) is 0 Å². The minimum absolute atomic E-state index is 0.397. The number of imidazole rings is 1. The molecule has 6 heteroatoms. The summed E-state index contributed by atoms with van der Waals surface area (Å²) in [6.45, 7) is 5.92. The molecule has 2 aromatic carbocycles. The van der Waals surface area contributed by atoms with Gasteiger partial charge in [0, 0.05) is 16.6 Å². The van der Waals surface area contributed by atoms with E-state index < -0.39 is 11.7 Å². The number of halogens is 1. The molecule has 0 spiro atoms. The molecule has 3 aromatic rings. The summed E-state index contributed by atoms with van der Waals surface area (Å²) in [4.78, 5) is 19.7. The van der Waals surface area contributed by atoms with Crippen LogP contribution in [0.5, 0.6) is 0 Å². The molecule has 5 nitrogen and oxygen atoms in total. The van der Waals surface area contributed by atoms with Gasteiger partial charge in [0.1, 0.15) is 11.4 Å². The highest BCUT2D eigenvalue weighted by molar-refractivity contribution is 9.10. The number of carbonyl (C=O) groups is 1. The molecule has 1 amide bonds. The number of H-pyrrole nitrogens is 1. The zero-order chi connectivity index (χ0) is 18.0. The molecule has 0 aliphatic rings. The van der Waals surface area contributed by atoms with E-state index in [1.807, 2.05) is 63.2 Å². The lowest BCUT2D eigenvalue weighted by atomic mass is 10.1. The van der Waals surface area contributed by atoms with Crippen LogP contribution in [0, 0.1) is 0 Å². The predicted molar refractivity (Wildman–Crippen MR) is 102 cm³/mol. The van der Waals surface area contributed by atoms with Crippen molar-refractivity contribution in [2.45, 2.75) is 32.9 Å². The Morgan fingerprint density at radius 3 is 2.80 bits per heavy atom. The molecular weight excluding hydrogens is 382 g/mol. The number of fused-ring (bicyclic) bond motifs is 1. The Balaban J connectivity index is 1.75. The van der Waals surface area contributed by atoms with E-state index in [4.69, 9.17) is 4.74 Å². The largest absolute Gasteiger partial charge is 0.444 e. The molecule has 2 N–H and O–H groups in total. The molecule has 0 aliphatic carbocycles. The molecule has 0 bridgehead atoms. The SMILES string of the molecule is CC(C)(C)OC(=O)NCc1cccc(-c2nc3cc(Br)ccc3[nH]2)c1. The van der Waals surface area contributed by atoms with Crippen molar-refractivity contribution >= 4 is 33.1 Å². The van der Waals surface area contributed by atoms with Crippen LogP contribution in [0.3, 0.4) is 0 Å². The van der Waals surface area contributed by atoms with E-state index in [0.29, 0.717) is 6.54 Å². The lowest BCUT2D eigenvalue weighted by molar-refractivity contribution is 0.0523. The van der Waals surface area contributed by atoms with Crippen molar-refractivity contribution in [3.8, 4) is 11.4 Å². The number of amides is 1. The van der Waals surface area contributed by atoms with Crippen molar-refractivity contribution in [3.05, 3.63) is 52.5 Å². The first-order valence-electron chi connectivity index (χ1n) is 8.02. The Morgan fingerprint density at radius 1 is 1.24 bits per heavy atom. The van der Waals surface area contributed by atoms with Crippen molar-refractivity contribution in [2.24, 2.45) is 0 Å². The highest BCUT2D eigenvalue weighted by atomic mass is 79.9. The van der Waals surface area contributed by atoms with E-state index in [0.717, 1.165) is 32.5 Å². The minimum atomic E-state index is -0.505. The number of aromatic nitrogens is 2. The normalized spacial score (nSPS) is 11.5. The third kappa shape index (κ3) is 4.60. The molecule has 0 saturated carbocycles. The summed E-state index contributed by atoms with van der Waals surface area (Å²) < 4.78 is 6.25. The Hall–Kier alpha value is -2.34. The third-order valence-corrected chi connectivity index (χ3v) is 3.97. The molecule has 0 aliphatic heterocycles. The molecular formula is C19H20BrN3O2. The van der Waals surface area contributed by atoms with Gasteiger partial charge in [-0.1, -0.05) is 34.1 Å². The maximum absolute atomic E-state index is 11.8. The van der Waals surface area contributed by atoms with Gasteiger partial charge in [0.2, 0.25) is 0 Å². The summed E-state index contributed by atoms with van der Waals surface area (Å²) in [5.74, 6) is 0.798. The summed E-state index contributed by atoms with van der Waals surface area (Å²) in [6, 6.07) is 13.8. The van der Waals surface area contributed by atoms with Crippen LogP contribution in [0.4, 0.5) is 4.79 Å². The number of benzene rings is 2. The molecule has 0 saturated heterocycles. The minimum Gasteiger partial charge on any atom is -0.444 e. The van der Waals surface area contributed by atoms with E-state index in [-0.39, 0.29) is 0 Å². The van der Waals surface area contributed by atoms with Crippen LogP contribution < -0.4 is 5.32 Å². The molecule has 0 fully saturated rings. The van der Waals surface area contributed by atoms with Gasteiger partial charge in [0.05, 0.1) is 11.0 Å². The van der Waals surface area contributed by atoms with Crippen LogP contribution in [0.15, 0.2) is 46.9 Å². The van der Waals surface area contributed by atoms with Crippen molar-refractivity contribution in [1.82, 2.24) is 15.3 Å². The van der Waals surface area contributed by atoms with E-state index in [2.05, 4.69) is 31.2 Å². The number of nitrogens with one attached hydrogen (secondary N) is 2. The number of alkyl carbamates (subject to hydrolysis) is 1. The molecule has 1 heterocycles. The summed E-state index contributed by atoms with van der Waals surface area (Å²) in [6.07, 6.45) is -0.425. The highest BCUT2D eigenvalue weighted by Crippen LogP contribution is 2.23. The predicted octanol–water partition coefficient (Wildman–Crippen LogP) is 5.02. The van der Waals surface area contributed by atoms with Crippen molar-refractivity contribution in [3.63, 3.8) is 0 Å². The first-order chi connectivity index (χ1) is 11.8. The number of hydrogen-bond acceptors (Lipinski definition) is 3. The number of carbonyl (C=O) groups excluding carboxylic acids is 1. The smallest absolute Gasteiger partial charge is 0.407 e. The second-order valence-corrected chi connectivity index (χ2v) is 7.72. The quantitative estimate of drug-likeness (QED) is 0.647. The van der Waals surface area contributed by atoms with Crippen molar-refractivity contribution in [1.29, 1.82) is 0 Å². The van der Waals surface area contributed by atoms with Gasteiger partial charge in [-0.25, -0.2) is 9.78 Å². The summed E-state index contributed by atoms with van der Waals surface area (Å²) in [5, 5.41) is 2.77. The number of ether oxygens (including phenoxy) is 1. The maximum Gasteiger partial charge on any atom is 0.407 e. The summed E-state index contributed by atoms with van der Waals surface area (Å²) >= 11 is 3.46. The molecule has 1 aromatic heterocycles. The zero-order valence-corrected chi connectivity index (χ0v) is 16.0. The highest BCUT2D eigenvalue weighted by Gasteiger charge is 2.15. The van der Waals surface area contributed by atoms with Gasteiger partial charge in [-0.2, -0.15) is 0 Å². The monoisotopic (exact) mass is 401 g/mol. The Morgan fingerprint density at radius 2 is 2.04 bits per heavy atom. The number of hydrogen-bond donors (Lipinski definition) is 2. The summed E-state index contributed by atoms with van der Waals surface area (Å²) in [5.41, 5.74) is 3.33. The molecule has 3 rings (SSSR count). The first kappa shape index (κ1) is 17.5. The van der Waals surface area contributed by atoms with Crippen molar-refractivity contribution in [2.75, 3.05) is 0 Å². The van der Waals surface area contributed by atoms with Gasteiger partial charge in [0.15, 0.2) is 0 Å². The number of rotatable bonds is 3. The van der Waals surface area contributed by atoms with Gasteiger partial charge in [0.25, 0.3) is 0 Å². The molecule has 0 atom stereocenters. The van der Waals surface area contributed by atoms with Crippen LogP contribution in [0.25, 0.3) is 22.4 Å². The van der Waals surface area contributed by atoms with Crippen LogP contribution in [-0.4, -0.2) is 21.7 Å². The zero-order valence-electron chi connectivity index (χ0n) is 14.4. The second-order valence-electron chi connectivity index (χ2n) is 6.80. The van der Waals surface area contributed by atoms with Crippen LogP contribution in [-0.2, 0) is 11.3 Å². The van der Waals surface area contributed by atoms with E-state index in [1.165, 1.54) is 0 Å². The third-order valence-electron chi connectivity index (χ3n) is 3.48. The fraction of sp³-hybridized carbons (Fsp3) is 0.263. The van der Waals surface area contributed by atoms with Crippen LogP contribution >= 0.6 is 15.9 Å². The molecule has 0 unspecified atom stereocenters. The molecule has 25 heavy (non-hydrogen) atoms. The fourth-order valence-corrected chi connectivity index (χ4v) is 2.78. The Labute approximate surface area is 154 Å². The topological polar surface area (TPSA) is 67.0 Å². The second kappa shape index (κ2) is 6.88. The van der Waals surface area contributed by atoms with Gasteiger partial charge >= 0.3 is 6.09 Å². The van der Waals surface area contributed by atoms with E-state index in [9.17, 15) is 4.79 Å². The Bertz CT molecular complexity index is 912. The van der Waals surface area contributed by atoms with Crippen LogP contribution in [0.1, 0.15) is 26.3 Å². The average Bonchev–Trinajstić information content (AvgIpc) is 2.95. The maximum atomic E-state index is 11.8. The standard InChI is InChI=1S/C19H20BrN3O2/c1-19(2,3)25-18(24)21-11-12-5-4-6-13(9-12)17-22-15-8-7-14(20)10-16(15)23-17/h4-10H,11H2,1-3H3,(H,21,24)(H,22,23). The molecule has 130 valence electrons. The molecule has 0 radical (unpaired) electrons. The van der Waals surface area contributed by atoms with E-state index in [1.54, 1.807) is 0 Å². The summed E-state index contributed by atoms with van der Waals surface area (Å²) in [7, 11) is 0. The number of nitrogens with zero attached hydrogens (tertiary/aromatic N) is 1. The van der Waals surface area contributed by atoms with E-state index >= 15 is 0 Å². The van der Waals surface area contributed by atoms with Gasteiger partial charge in [-0.15, -0.1) is 0 Å². The van der Waals surface area contributed by atoms with Gasteiger partial charge < -0.3 is 15.0 Å². The van der Waals surface area contributed by atoms with Gasteiger partial charge in [-0.3, -0.25) is 0 Å². The lowest BCUT2D eigenvalue weighted by Crippen LogP contribution is -2.32. The van der Waals surface area contributed by atoms with Crippen molar-refractivity contribution < 1.29 is 9.53 Å². The first-order valence-corrected chi connectivity index (χ1v) is 8.81. The average molecular weight is 402 g/mol. The number of aromatic amines is 1. The lowest BCUT2D eigenvalue weighted by Gasteiger charge is -2.19. The fourth-order valence-electron chi connectivity index (χ4n) is 2.43. The Kier molecular flexibility index (Phi) is 4.81.